The summed E-state index contributed by atoms with van der Waals surface area (Å²) >= 11 is 8.51. The van der Waals surface area contributed by atoms with Crippen molar-refractivity contribution in [2.75, 3.05) is 13.2 Å². The number of benzene rings is 5. The zero-order valence-corrected chi connectivity index (χ0v) is 38.0. The molecule has 15 heteroatoms. The van der Waals surface area contributed by atoms with Crippen molar-refractivity contribution in [3.63, 3.8) is 0 Å². The van der Waals surface area contributed by atoms with E-state index >= 15 is 0 Å². The molecule has 0 radical (unpaired) electrons. The van der Waals surface area contributed by atoms with E-state index in [9.17, 15) is 17.6 Å². The number of ether oxygens (including phenoxy) is 5. The lowest BCUT2D eigenvalue weighted by Gasteiger charge is -2.25. The lowest BCUT2D eigenvalue weighted by atomic mass is 9.96. The summed E-state index contributed by atoms with van der Waals surface area (Å²) in [5, 5.41) is 0.716. The fraction of sp³-hybridized carbons (Fsp3) is 0.245. The molecule has 11 nitrogen and oxygen atoms in total. The number of halogens is 2. The lowest BCUT2D eigenvalue weighted by molar-refractivity contribution is -0.163. The van der Waals surface area contributed by atoms with E-state index in [-0.39, 0.29) is 41.2 Å². The number of esters is 1. The van der Waals surface area contributed by atoms with E-state index in [0.717, 1.165) is 11.1 Å². The number of rotatable bonds is 9. The third-order valence-corrected chi connectivity index (χ3v) is 13.1. The molecule has 0 unspecified atom stereocenters. The number of carbonyl (C=O) groups is 1. The second kappa shape index (κ2) is 18.6. The van der Waals surface area contributed by atoms with Crippen LogP contribution in [0.1, 0.15) is 43.0 Å². The summed E-state index contributed by atoms with van der Waals surface area (Å²) in [7, 11) is -4.20. The van der Waals surface area contributed by atoms with Gasteiger partial charge in [0.05, 0.1) is 15.3 Å². The van der Waals surface area contributed by atoms with Crippen molar-refractivity contribution >= 4 is 49.2 Å². The molecule has 330 valence electrons. The monoisotopic (exact) mass is 922 g/mol. The van der Waals surface area contributed by atoms with Gasteiger partial charge in [-0.3, -0.25) is 4.18 Å². The molecule has 5 aromatic carbocycles. The molecule has 4 heterocycles. The minimum atomic E-state index is -4.20. The number of hydrogen-bond donors (Lipinski definition) is 0. The molecule has 0 aliphatic carbocycles. The Morgan fingerprint density at radius 3 is 2.41 bits per heavy atom. The number of hydrogen-bond acceptors (Lipinski definition) is 12. The molecule has 0 amide bonds. The molecule has 0 fully saturated rings. The standard InChI is InChI=1S/C49H44ClFN2O9S2/c1-29-11-18-37(19-12-29)64(55,56)59-27-36-26-57-35-17-21-39(58-25-31-9-7-6-8-10-31)33(23-35)24-41(48(54)62-49(3,4)5)61-46-43-42(38-20-22-40(60-36)44(50)30(38)2)45(63-47(43)53-28-52-46)32-13-15-34(51)16-14-32/h6-23,28,36,41H,24-27H2,1-5H3/t36-,41+/m0/s1. The average molecular weight is 923 g/mol. The maximum absolute atomic E-state index is 14.3. The molecule has 0 saturated heterocycles. The van der Waals surface area contributed by atoms with Crippen LogP contribution < -0.4 is 18.9 Å². The van der Waals surface area contributed by atoms with E-state index in [4.69, 9.17) is 39.5 Å². The highest BCUT2D eigenvalue weighted by atomic mass is 35.5. The topological polar surface area (TPSA) is 132 Å². The van der Waals surface area contributed by atoms with Crippen LogP contribution in [-0.4, -0.2) is 55.4 Å². The van der Waals surface area contributed by atoms with Crippen LogP contribution in [0, 0.1) is 19.7 Å². The molecule has 7 aromatic rings. The molecule has 2 atom stereocenters. The van der Waals surface area contributed by atoms with Crippen molar-refractivity contribution in [2.24, 2.45) is 0 Å². The van der Waals surface area contributed by atoms with E-state index in [2.05, 4.69) is 9.97 Å². The number of aromatic nitrogens is 2. The molecule has 2 aliphatic heterocycles. The van der Waals surface area contributed by atoms with Crippen molar-refractivity contribution in [2.45, 2.75) is 70.4 Å². The normalized spacial score (nSPS) is 15.4. The van der Waals surface area contributed by atoms with E-state index < -0.39 is 46.3 Å². The molecule has 2 aliphatic rings. The summed E-state index contributed by atoms with van der Waals surface area (Å²) in [5.41, 5.74) is 4.03. The van der Waals surface area contributed by atoms with Gasteiger partial charge in [0.1, 0.15) is 59.6 Å². The molecule has 4 bridgehead atoms. The number of nitrogens with zero attached hydrogens (tertiary/aromatic N) is 2. The summed E-state index contributed by atoms with van der Waals surface area (Å²) < 4.78 is 78.6. The molecular weight excluding hydrogens is 879 g/mol. The first kappa shape index (κ1) is 44.5. The number of carbonyl (C=O) groups excluding carboxylic acids is 1. The lowest BCUT2D eigenvalue weighted by Crippen LogP contribution is -2.37. The van der Waals surface area contributed by atoms with Gasteiger partial charge in [0.25, 0.3) is 10.1 Å². The SMILES string of the molecule is Cc1ccc(S(=O)(=O)OC[C@@H]2COc3ccc(OCc4ccccc4)c(c3)C[C@H](C(=O)OC(C)(C)C)Oc3ncnc4sc(-c5ccc(F)cc5)c(c34)-c3ccc(c(Cl)c3C)O2)cc1. The Morgan fingerprint density at radius 2 is 1.67 bits per heavy atom. The highest BCUT2D eigenvalue weighted by Gasteiger charge is 2.32. The Bertz CT molecular complexity index is 2920. The van der Waals surface area contributed by atoms with Gasteiger partial charge < -0.3 is 23.7 Å². The number of thiophene rings is 1. The first-order chi connectivity index (χ1) is 30.6. The van der Waals surface area contributed by atoms with Gasteiger partial charge in [-0.05, 0) is 105 Å². The fourth-order valence-electron chi connectivity index (χ4n) is 7.06. The highest BCUT2D eigenvalue weighted by molar-refractivity contribution is 7.86. The Morgan fingerprint density at radius 1 is 0.922 bits per heavy atom. The second-order valence-electron chi connectivity index (χ2n) is 16.2. The van der Waals surface area contributed by atoms with Crippen molar-refractivity contribution in [3.8, 4) is 44.7 Å². The third kappa shape index (κ3) is 10.2. The number of aryl methyl sites for hydroxylation is 1. The van der Waals surface area contributed by atoms with Gasteiger partial charge in [0, 0.05) is 22.4 Å². The minimum absolute atomic E-state index is 0.0117. The van der Waals surface area contributed by atoms with Gasteiger partial charge in [-0.15, -0.1) is 11.3 Å². The highest BCUT2D eigenvalue weighted by Crippen LogP contribution is 2.50. The molecule has 2 aromatic heterocycles. The Kier molecular flexibility index (Phi) is 12.9. The van der Waals surface area contributed by atoms with Crippen LogP contribution in [-0.2, 0) is 36.9 Å². The maximum Gasteiger partial charge on any atom is 0.348 e. The van der Waals surface area contributed by atoms with Gasteiger partial charge in [-0.25, -0.2) is 19.2 Å². The summed E-state index contributed by atoms with van der Waals surface area (Å²) in [6.07, 6.45) is -0.969. The predicted molar refractivity (Wildman–Crippen MR) is 243 cm³/mol. The molecular formula is C49H44ClFN2O9S2. The molecule has 0 N–H and O–H groups in total. The van der Waals surface area contributed by atoms with E-state index in [1.807, 2.05) is 50.2 Å². The first-order valence-electron chi connectivity index (χ1n) is 20.4. The molecule has 9 rings (SSSR count). The van der Waals surface area contributed by atoms with Gasteiger partial charge in [-0.2, -0.15) is 8.42 Å². The van der Waals surface area contributed by atoms with Crippen LogP contribution in [0.3, 0.4) is 0 Å². The van der Waals surface area contributed by atoms with Gasteiger partial charge in [0.15, 0.2) is 6.10 Å². The Labute approximate surface area is 379 Å². The molecule has 0 spiro atoms. The smallest absolute Gasteiger partial charge is 0.348 e. The quantitative estimate of drug-likeness (QED) is 0.101. The average Bonchev–Trinajstić information content (AvgIpc) is 3.65. The Hall–Kier alpha value is -6.06. The van der Waals surface area contributed by atoms with Gasteiger partial charge >= 0.3 is 5.97 Å². The predicted octanol–water partition coefficient (Wildman–Crippen LogP) is 10.9. The van der Waals surface area contributed by atoms with E-state index in [0.29, 0.717) is 54.4 Å². The summed E-state index contributed by atoms with van der Waals surface area (Å²) in [6.45, 7) is 8.59. The van der Waals surface area contributed by atoms with Gasteiger partial charge in [0.2, 0.25) is 12.0 Å². The van der Waals surface area contributed by atoms with Crippen LogP contribution in [0.5, 0.6) is 23.1 Å². The van der Waals surface area contributed by atoms with Crippen molar-refractivity contribution in [3.05, 3.63) is 149 Å². The molecule has 0 saturated carbocycles. The zero-order chi connectivity index (χ0) is 45.2. The zero-order valence-electron chi connectivity index (χ0n) is 35.6. The Balaban J connectivity index is 1.29. The summed E-state index contributed by atoms with van der Waals surface area (Å²) in [5.74, 6) is 0.0930. The first-order valence-corrected chi connectivity index (χ1v) is 23.0. The van der Waals surface area contributed by atoms with Crippen LogP contribution in [0.2, 0.25) is 5.02 Å². The summed E-state index contributed by atoms with van der Waals surface area (Å²) in [6, 6.07) is 30.7. The molecule has 64 heavy (non-hydrogen) atoms. The van der Waals surface area contributed by atoms with Crippen molar-refractivity contribution < 1.29 is 45.5 Å². The van der Waals surface area contributed by atoms with E-state index in [1.165, 1.54) is 41.9 Å². The second-order valence-corrected chi connectivity index (χ2v) is 19.2. The third-order valence-electron chi connectivity index (χ3n) is 10.2. The van der Waals surface area contributed by atoms with Gasteiger partial charge in [-0.1, -0.05) is 77.8 Å². The summed E-state index contributed by atoms with van der Waals surface area (Å²) in [4.78, 5) is 24.8. The van der Waals surface area contributed by atoms with E-state index in [1.54, 1.807) is 69.3 Å². The minimum Gasteiger partial charge on any atom is -0.490 e. The number of fused-ring (bicyclic) bond motifs is 7. The van der Waals surface area contributed by atoms with Crippen molar-refractivity contribution in [1.82, 2.24) is 9.97 Å². The maximum atomic E-state index is 14.3. The fourth-order valence-corrected chi connectivity index (χ4v) is 9.36. The largest absolute Gasteiger partial charge is 0.490 e. The van der Waals surface area contributed by atoms with Crippen LogP contribution in [0.25, 0.3) is 31.8 Å². The van der Waals surface area contributed by atoms with Crippen LogP contribution >= 0.6 is 22.9 Å². The van der Waals surface area contributed by atoms with Crippen molar-refractivity contribution in [1.29, 1.82) is 0 Å². The van der Waals surface area contributed by atoms with Crippen LogP contribution in [0.15, 0.2) is 120 Å². The van der Waals surface area contributed by atoms with Crippen LogP contribution in [0.4, 0.5) is 4.39 Å².